The molecule has 0 aromatic heterocycles. The SMILES string of the molecule is CN(C)S(=O)(=O)c1ccc(CCl)cc1Br. The Morgan fingerprint density at radius 3 is 2.40 bits per heavy atom. The fourth-order valence-electron chi connectivity index (χ4n) is 1.03. The molecule has 0 bridgehead atoms. The van der Waals surface area contributed by atoms with Gasteiger partial charge < -0.3 is 0 Å². The minimum Gasteiger partial charge on any atom is -0.207 e. The van der Waals surface area contributed by atoms with E-state index in [1.807, 2.05) is 0 Å². The van der Waals surface area contributed by atoms with E-state index in [0.717, 1.165) is 5.56 Å². The van der Waals surface area contributed by atoms with E-state index >= 15 is 0 Å². The van der Waals surface area contributed by atoms with E-state index in [-0.39, 0.29) is 4.90 Å². The van der Waals surface area contributed by atoms with Gasteiger partial charge in [-0.3, -0.25) is 0 Å². The summed E-state index contributed by atoms with van der Waals surface area (Å²) in [5, 5.41) is 0. The molecule has 1 aromatic rings. The summed E-state index contributed by atoms with van der Waals surface area (Å²) in [4.78, 5) is 0.251. The van der Waals surface area contributed by atoms with E-state index in [0.29, 0.717) is 10.4 Å². The molecule has 0 aliphatic heterocycles. The first-order chi connectivity index (χ1) is 6.89. The van der Waals surface area contributed by atoms with Crippen molar-refractivity contribution in [3.05, 3.63) is 28.2 Å². The Morgan fingerprint density at radius 1 is 1.40 bits per heavy atom. The van der Waals surface area contributed by atoms with Gasteiger partial charge in [-0.15, -0.1) is 11.6 Å². The standard InChI is InChI=1S/C9H11BrClNO2S/c1-12(2)15(13,14)9-4-3-7(6-11)5-8(9)10/h3-5H,6H2,1-2H3. The maximum Gasteiger partial charge on any atom is 0.243 e. The number of rotatable bonds is 3. The van der Waals surface area contributed by atoms with E-state index in [1.54, 1.807) is 18.2 Å². The Kier molecular flexibility index (Phi) is 4.17. The second-order valence-corrected chi connectivity index (χ2v) is 6.43. The predicted octanol–water partition coefficient (Wildman–Crippen LogP) is 2.44. The van der Waals surface area contributed by atoms with Crippen LogP contribution in [0.5, 0.6) is 0 Å². The molecule has 3 nitrogen and oxygen atoms in total. The van der Waals surface area contributed by atoms with Crippen LogP contribution < -0.4 is 0 Å². The number of sulfonamides is 1. The van der Waals surface area contributed by atoms with Crippen LogP contribution in [-0.4, -0.2) is 26.8 Å². The summed E-state index contributed by atoms with van der Waals surface area (Å²) in [7, 11) is -0.395. The molecule has 0 N–H and O–H groups in total. The fraction of sp³-hybridized carbons (Fsp3) is 0.333. The Labute approximate surface area is 103 Å². The van der Waals surface area contributed by atoms with Gasteiger partial charge in [0.05, 0.1) is 4.90 Å². The van der Waals surface area contributed by atoms with Crippen LogP contribution in [0.15, 0.2) is 27.6 Å². The molecule has 0 unspecified atom stereocenters. The Balaban J connectivity index is 3.29. The zero-order chi connectivity index (χ0) is 11.6. The molecular weight excluding hydrogens is 302 g/mol. The first kappa shape index (κ1) is 13.0. The molecule has 0 fully saturated rings. The molecule has 6 heteroatoms. The molecule has 0 heterocycles. The predicted molar refractivity (Wildman–Crippen MR) is 64.6 cm³/mol. The number of nitrogens with zero attached hydrogens (tertiary/aromatic N) is 1. The number of benzene rings is 1. The van der Waals surface area contributed by atoms with Crippen molar-refractivity contribution in [2.75, 3.05) is 14.1 Å². The molecule has 0 aliphatic rings. The maximum absolute atomic E-state index is 11.8. The van der Waals surface area contributed by atoms with E-state index in [2.05, 4.69) is 15.9 Å². The van der Waals surface area contributed by atoms with E-state index in [9.17, 15) is 8.42 Å². The molecular formula is C9H11BrClNO2S. The highest BCUT2D eigenvalue weighted by atomic mass is 79.9. The van der Waals surface area contributed by atoms with Gasteiger partial charge in [0.2, 0.25) is 10.0 Å². The summed E-state index contributed by atoms with van der Waals surface area (Å²) < 4.78 is 25.3. The summed E-state index contributed by atoms with van der Waals surface area (Å²) in [5.74, 6) is 0.362. The maximum atomic E-state index is 11.8. The van der Waals surface area contributed by atoms with Crippen molar-refractivity contribution in [1.29, 1.82) is 0 Å². The second-order valence-electron chi connectivity index (χ2n) is 3.19. The normalized spacial score (nSPS) is 12.1. The van der Waals surface area contributed by atoms with Crippen LogP contribution in [0.25, 0.3) is 0 Å². The van der Waals surface area contributed by atoms with Crippen molar-refractivity contribution in [2.24, 2.45) is 0 Å². The molecule has 0 radical (unpaired) electrons. The third-order valence-corrected chi connectivity index (χ3v) is 5.01. The molecule has 84 valence electrons. The highest BCUT2D eigenvalue weighted by Crippen LogP contribution is 2.25. The quantitative estimate of drug-likeness (QED) is 0.804. The van der Waals surface area contributed by atoms with Gasteiger partial charge >= 0.3 is 0 Å². The zero-order valence-electron chi connectivity index (χ0n) is 8.37. The lowest BCUT2D eigenvalue weighted by molar-refractivity contribution is 0.520. The lowest BCUT2D eigenvalue weighted by atomic mass is 10.2. The smallest absolute Gasteiger partial charge is 0.207 e. The first-order valence-corrected chi connectivity index (χ1v) is 6.93. The van der Waals surface area contributed by atoms with Crippen LogP contribution in [0.1, 0.15) is 5.56 Å². The second kappa shape index (κ2) is 4.82. The van der Waals surface area contributed by atoms with E-state index in [1.165, 1.54) is 18.4 Å². The molecule has 0 saturated heterocycles. The fourth-order valence-corrected chi connectivity index (χ4v) is 3.18. The van der Waals surface area contributed by atoms with Crippen molar-refractivity contribution in [2.45, 2.75) is 10.8 Å². The molecule has 0 saturated carbocycles. The lowest BCUT2D eigenvalue weighted by Crippen LogP contribution is -2.22. The monoisotopic (exact) mass is 311 g/mol. The van der Waals surface area contributed by atoms with Gasteiger partial charge in [0.15, 0.2) is 0 Å². The minimum atomic E-state index is -3.39. The summed E-state index contributed by atoms with van der Waals surface area (Å²) in [5.41, 5.74) is 0.876. The summed E-state index contributed by atoms with van der Waals surface area (Å²) >= 11 is 8.87. The Bertz CT molecular complexity index is 459. The van der Waals surface area contributed by atoms with Crippen LogP contribution in [-0.2, 0) is 15.9 Å². The molecule has 1 aromatic carbocycles. The zero-order valence-corrected chi connectivity index (χ0v) is 11.5. The highest BCUT2D eigenvalue weighted by Gasteiger charge is 2.20. The summed E-state index contributed by atoms with van der Waals surface area (Å²) in [6.07, 6.45) is 0. The van der Waals surface area contributed by atoms with Crippen molar-refractivity contribution in [3.63, 3.8) is 0 Å². The number of halogens is 2. The third kappa shape index (κ3) is 2.72. The van der Waals surface area contributed by atoms with Crippen molar-refractivity contribution in [1.82, 2.24) is 4.31 Å². The third-order valence-electron chi connectivity index (χ3n) is 1.91. The highest BCUT2D eigenvalue weighted by molar-refractivity contribution is 9.10. The van der Waals surface area contributed by atoms with Gasteiger partial charge in [-0.05, 0) is 33.6 Å². The van der Waals surface area contributed by atoms with Crippen LogP contribution in [0.4, 0.5) is 0 Å². The Hall–Kier alpha value is -0.100. The van der Waals surface area contributed by atoms with Crippen LogP contribution in [0, 0.1) is 0 Å². The molecule has 15 heavy (non-hydrogen) atoms. The summed E-state index contributed by atoms with van der Waals surface area (Å²) in [6.45, 7) is 0. The minimum absolute atomic E-state index is 0.251. The van der Waals surface area contributed by atoms with Crippen LogP contribution >= 0.6 is 27.5 Å². The summed E-state index contributed by atoms with van der Waals surface area (Å²) in [6, 6.07) is 4.97. The molecule has 1 rings (SSSR count). The van der Waals surface area contributed by atoms with Crippen LogP contribution in [0.3, 0.4) is 0 Å². The number of alkyl halides is 1. The largest absolute Gasteiger partial charge is 0.243 e. The van der Waals surface area contributed by atoms with Gasteiger partial charge in [0.1, 0.15) is 0 Å². The van der Waals surface area contributed by atoms with Crippen molar-refractivity contribution >= 4 is 37.6 Å². The van der Waals surface area contributed by atoms with E-state index < -0.39 is 10.0 Å². The lowest BCUT2D eigenvalue weighted by Gasteiger charge is -2.13. The number of hydrogen-bond donors (Lipinski definition) is 0. The Morgan fingerprint density at radius 2 is 2.00 bits per heavy atom. The van der Waals surface area contributed by atoms with Gasteiger partial charge in [-0.2, -0.15) is 0 Å². The van der Waals surface area contributed by atoms with Gasteiger partial charge in [0, 0.05) is 24.4 Å². The van der Waals surface area contributed by atoms with Gasteiger partial charge in [-0.1, -0.05) is 6.07 Å². The average molecular weight is 313 g/mol. The van der Waals surface area contributed by atoms with E-state index in [4.69, 9.17) is 11.6 Å². The van der Waals surface area contributed by atoms with Crippen molar-refractivity contribution < 1.29 is 8.42 Å². The van der Waals surface area contributed by atoms with Gasteiger partial charge in [-0.25, -0.2) is 12.7 Å². The number of hydrogen-bond acceptors (Lipinski definition) is 2. The van der Waals surface area contributed by atoms with Crippen molar-refractivity contribution in [3.8, 4) is 0 Å². The van der Waals surface area contributed by atoms with Gasteiger partial charge in [0.25, 0.3) is 0 Å². The first-order valence-electron chi connectivity index (χ1n) is 4.16. The molecule has 0 spiro atoms. The molecule has 0 amide bonds. The average Bonchev–Trinajstić information content (AvgIpc) is 2.16. The molecule has 0 aliphatic carbocycles. The topological polar surface area (TPSA) is 37.4 Å². The van der Waals surface area contributed by atoms with Crippen LogP contribution in [0.2, 0.25) is 0 Å². The molecule has 0 atom stereocenters.